The van der Waals surface area contributed by atoms with Crippen molar-refractivity contribution < 1.29 is 14.2 Å². The van der Waals surface area contributed by atoms with Crippen LogP contribution in [0.2, 0.25) is 0 Å². The lowest BCUT2D eigenvalue weighted by Crippen LogP contribution is -2.13. The van der Waals surface area contributed by atoms with E-state index in [4.69, 9.17) is 14.2 Å². The Morgan fingerprint density at radius 2 is 1.00 bits per heavy atom. The van der Waals surface area contributed by atoms with E-state index in [0.29, 0.717) is 26.4 Å². The number of ether oxygens (including phenoxy) is 3. The molecule has 0 saturated carbocycles. The molecule has 1 fully saturated rings. The van der Waals surface area contributed by atoms with Gasteiger partial charge in [0.05, 0.1) is 39.6 Å². The molecule has 12 heavy (non-hydrogen) atoms. The van der Waals surface area contributed by atoms with Crippen molar-refractivity contribution in [3.8, 4) is 0 Å². The lowest BCUT2D eigenvalue weighted by atomic mass is 10.7. The van der Waals surface area contributed by atoms with E-state index in [1.165, 1.54) is 0 Å². The van der Waals surface area contributed by atoms with E-state index in [0.717, 1.165) is 24.7 Å². The Kier molecular flexibility index (Phi) is 6.75. The van der Waals surface area contributed by atoms with Gasteiger partial charge in [0.25, 0.3) is 0 Å². The SMILES string of the molecule is C1COCCSCCOCCO1. The van der Waals surface area contributed by atoms with Crippen molar-refractivity contribution in [2.75, 3.05) is 51.1 Å². The van der Waals surface area contributed by atoms with Crippen molar-refractivity contribution in [2.24, 2.45) is 0 Å². The van der Waals surface area contributed by atoms with Crippen LogP contribution in [-0.2, 0) is 14.2 Å². The third kappa shape index (κ3) is 5.83. The van der Waals surface area contributed by atoms with Crippen molar-refractivity contribution >= 4 is 11.8 Å². The lowest BCUT2D eigenvalue weighted by Gasteiger charge is -2.08. The molecule has 0 radical (unpaired) electrons. The molecule has 3 nitrogen and oxygen atoms in total. The maximum atomic E-state index is 5.32. The maximum Gasteiger partial charge on any atom is 0.0701 e. The molecule has 0 amide bonds. The number of rotatable bonds is 0. The zero-order valence-electron chi connectivity index (χ0n) is 7.29. The molecule has 1 aliphatic heterocycles. The third-order valence-electron chi connectivity index (χ3n) is 1.49. The number of hydrogen-bond donors (Lipinski definition) is 0. The highest BCUT2D eigenvalue weighted by molar-refractivity contribution is 7.99. The summed E-state index contributed by atoms with van der Waals surface area (Å²) >= 11 is 1.88. The van der Waals surface area contributed by atoms with Crippen LogP contribution >= 0.6 is 11.8 Å². The summed E-state index contributed by atoms with van der Waals surface area (Å²) in [5, 5.41) is 0. The van der Waals surface area contributed by atoms with Crippen molar-refractivity contribution in [3.05, 3.63) is 0 Å². The first-order valence-corrected chi connectivity index (χ1v) is 5.46. The van der Waals surface area contributed by atoms with Gasteiger partial charge in [0.1, 0.15) is 0 Å². The van der Waals surface area contributed by atoms with Gasteiger partial charge in [-0.2, -0.15) is 11.8 Å². The van der Waals surface area contributed by atoms with Crippen molar-refractivity contribution in [3.63, 3.8) is 0 Å². The smallest absolute Gasteiger partial charge is 0.0701 e. The van der Waals surface area contributed by atoms with E-state index in [-0.39, 0.29) is 0 Å². The average molecular weight is 192 g/mol. The first-order valence-electron chi connectivity index (χ1n) is 4.31. The summed E-state index contributed by atoms with van der Waals surface area (Å²) in [6, 6.07) is 0. The van der Waals surface area contributed by atoms with E-state index in [9.17, 15) is 0 Å². The summed E-state index contributed by atoms with van der Waals surface area (Å²) in [6.07, 6.45) is 0. The molecule has 0 unspecified atom stereocenters. The minimum atomic E-state index is 0.689. The molecule has 4 heteroatoms. The number of hydrogen-bond acceptors (Lipinski definition) is 4. The Balaban J connectivity index is 2.00. The van der Waals surface area contributed by atoms with Crippen LogP contribution in [0.15, 0.2) is 0 Å². The highest BCUT2D eigenvalue weighted by Crippen LogP contribution is 1.99. The first kappa shape index (κ1) is 10.3. The summed E-state index contributed by atoms with van der Waals surface area (Å²) in [6.45, 7) is 4.45. The van der Waals surface area contributed by atoms with Gasteiger partial charge in [-0.1, -0.05) is 0 Å². The second-order valence-electron chi connectivity index (χ2n) is 2.45. The van der Waals surface area contributed by atoms with Crippen LogP contribution in [0, 0.1) is 0 Å². The molecule has 0 aromatic carbocycles. The van der Waals surface area contributed by atoms with E-state index >= 15 is 0 Å². The quantitative estimate of drug-likeness (QED) is 0.567. The molecule has 1 heterocycles. The van der Waals surface area contributed by atoms with Crippen LogP contribution < -0.4 is 0 Å². The normalized spacial score (nSPS) is 24.0. The Bertz CT molecular complexity index is 57.3. The van der Waals surface area contributed by atoms with Crippen molar-refractivity contribution in [1.82, 2.24) is 0 Å². The lowest BCUT2D eigenvalue weighted by molar-refractivity contribution is 0.0194. The van der Waals surface area contributed by atoms with Gasteiger partial charge in [-0.05, 0) is 0 Å². The summed E-state index contributed by atoms with van der Waals surface area (Å²) in [5.74, 6) is 2.12. The second-order valence-corrected chi connectivity index (χ2v) is 3.67. The van der Waals surface area contributed by atoms with Crippen LogP contribution in [0.3, 0.4) is 0 Å². The van der Waals surface area contributed by atoms with Gasteiger partial charge < -0.3 is 14.2 Å². The van der Waals surface area contributed by atoms with Crippen LogP contribution in [-0.4, -0.2) is 51.1 Å². The number of thioether (sulfide) groups is 1. The molecule has 1 aliphatic rings. The second kappa shape index (κ2) is 7.86. The maximum absolute atomic E-state index is 5.32. The van der Waals surface area contributed by atoms with Crippen molar-refractivity contribution in [1.29, 1.82) is 0 Å². The molecule has 0 aromatic rings. The fourth-order valence-corrected chi connectivity index (χ4v) is 1.56. The van der Waals surface area contributed by atoms with Gasteiger partial charge in [0.2, 0.25) is 0 Å². The van der Waals surface area contributed by atoms with Gasteiger partial charge in [-0.3, -0.25) is 0 Å². The van der Waals surface area contributed by atoms with Crippen LogP contribution in [0.4, 0.5) is 0 Å². The standard InChI is InChI=1S/C8H16O3S/c1-3-10-5-7-12-8-6-11-4-2-9-1/h1-8H2. The Labute approximate surface area is 77.8 Å². The van der Waals surface area contributed by atoms with E-state index in [1.54, 1.807) is 0 Å². The molecule has 72 valence electrons. The zero-order valence-corrected chi connectivity index (χ0v) is 8.11. The average Bonchev–Trinajstić information content (AvgIpc) is 2.05. The van der Waals surface area contributed by atoms with Gasteiger partial charge >= 0.3 is 0 Å². The van der Waals surface area contributed by atoms with Gasteiger partial charge in [-0.15, -0.1) is 0 Å². The van der Waals surface area contributed by atoms with Gasteiger partial charge in [-0.25, -0.2) is 0 Å². The van der Waals surface area contributed by atoms with Gasteiger partial charge in [0.15, 0.2) is 0 Å². The summed E-state index contributed by atoms with van der Waals surface area (Å²) in [4.78, 5) is 0. The summed E-state index contributed by atoms with van der Waals surface area (Å²) in [5.41, 5.74) is 0. The highest BCUT2D eigenvalue weighted by atomic mass is 32.2. The first-order chi connectivity index (χ1) is 6.00. The molecule has 0 aliphatic carbocycles. The van der Waals surface area contributed by atoms with Crippen molar-refractivity contribution in [2.45, 2.75) is 0 Å². The van der Waals surface area contributed by atoms with Crippen LogP contribution in [0.25, 0.3) is 0 Å². The monoisotopic (exact) mass is 192 g/mol. The largest absolute Gasteiger partial charge is 0.378 e. The molecule has 0 spiro atoms. The molecule has 0 N–H and O–H groups in total. The fourth-order valence-electron chi connectivity index (χ4n) is 0.880. The predicted octanol–water partition coefficient (Wildman–Crippen LogP) is 0.783. The molecule has 1 rings (SSSR count). The Morgan fingerprint density at radius 3 is 1.50 bits per heavy atom. The topological polar surface area (TPSA) is 27.7 Å². The summed E-state index contributed by atoms with van der Waals surface area (Å²) in [7, 11) is 0. The van der Waals surface area contributed by atoms with Crippen LogP contribution in [0.5, 0.6) is 0 Å². The predicted molar refractivity (Wildman–Crippen MR) is 49.8 cm³/mol. The molecular weight excluding hydrogens is 176 g/mol. The van der Waals surface area contributed by atoms with E-state index < -0.39 is 0 Å². The molecular formula is C8H16O3S. The zero-order chi connectivity index (χ0) is 8.49. The highest BCUT2D eigenvalue weighted by Gasteiger charge is 1.95. The fraction of sp³-hybridized carbons (Fsp3) is 1.00. The molecule has 0 bridgehead atoms. The van der Waals surface area contributed by atoms with E-state index in [2.05, 4.69) is 0 Å². The minimum Gasteiger partial charge on any atom is -0.378 e. The van der Waals surface area contributed by atoms with Crippen LogP contribution in [0.1, 0.15) is 0 Å². The van der Waals surface area contributed by atoms with Gasteiger partial charge in [0, 0.05) is 11.5 Å². The van der Waals surface area contributed by atoms with E-state index in [1.807, 2.05) is 11.8 Å². The molecule has 0 aromatic heterocycles. The third-order valence-corrected chi connectivity index (χ3v) is 2.40. The minimum absolute atomic E-state index is 0.689. The summed E-state index contributed by atoms with van der Waals surface area (Å²) < 4.78 is 15.9. The molecule has 0 atom stereocenters. The Hall–Kier alpha value is 0.230. The Morgan fingerprint density at radius 1 is 0.583 bits per heavy atom. The molecule has 1 saturated heterocycles.